The van der Waals surface area contributed by atoms with Crippen molar-refractivity contribution in [3.05, 3.63) is 72.2 Å². The summed E-state index contributed by atoms with van der Waals surface area (Å²) >= 11 is 0. The van der Waals surface area contributed by atoms with Gasteiger partial charge in [0.2, 0.25) is 0 Å². The Morgan fingerprint density at radius 1 is 1.11 bits per heavy atom. The molecule has 0 saturated carbocycles. The first-order chi connectivity index (χ1) is 13.3. The monoisotopic (exact) mass is 488 g/mol. The van der Waals surface area contributed by atoms with Crippen LogP contribution in [-0.2, 0) is 6.42 Å². The van der Waals surface area contributed by atoms with Crippen molar-refractivity contribution in [2.75, 3.05) is 26.7 Å². The third-order valence-electron chi connectivity index (χ3n) is 4.88. The third-order valence-corrected chi connectivity index (χ3v) is 4.88. The van der Waals surface area contributed by atoms with Crippen molar-refractivity contribution in [2.45, 2.75) is 12.8 Å². The number of halogens is 1. The number of pyridine rings is 1. The van der Waals surface area contributed by atoms with Gasteiger partial charge in [0, 0.05) is 39.3 Å². The molecule has 0 atom stereocenters. The Balaban J connectivity index is 0.00000225. The maximum absolute atomic E-state index is 4.45. The number of fused-ring (bicyclic) bond motifs is 1. The molecular weight excluding hydrogens is 463 g/mol. The molecule has 0 radical (unpaired) electrons. The quantitative estimate of drug-likeness (QED) is 0.348. The Morgan fingerprint density at radius 3 is 2.68 bits per heavy atom. The van der Waals surface area contributed by atoms with E-state index in [1.165, 1.54) is 11.1 Å². The van der Waals surface area contributed by atoms with Crippen molar-refractivity contribution < 1.29 is 0 Å². The van der Waals surface area contributed by atoms with E-state index in [2.05, 4.69) is 61.8 Å². The minimum absolute atomic E-state index is 0. The molecule has 0 amide bonds. The van der Waals surface area contributed by atoms with Gasteiger partial charge in [-0.2, -0.15) is 0 Å². The standard InChI is InChI=1S/C21H24N6.HI/c1-22-21(23-13-10-20-25-24-19-9-5-6-14-27(19)20)26-15-11-18(12-16-26)17-7-3-2-4-8-17;/h2-9,11,14H,10,12-13,15-16H2,1H3,(H,22,23);1H. The fourth-order valence-corrected chi connectivity index (χ4v) is 3.46. The average Bonchev–Trinajstić information content (AvgIpc) is 3.15. The minimum Gasteiger partial charge on any atom is -0.356 e. The molecule has 0 unspecified atom stereocenters. The van der Waals surface area contributed by atoms with Crippen molar-refractivity contribution in [3.8, 4) is 0 Å². The maximum atomic E-state index is 4.45. The smallest absolute Gasteiger partial charge is 0.193 e. The number of nitrogens with one attached hydrogen (secondary N) is 1. The van der Waals surface area contributed by atoms with Gasteiger partial charge in [-0.05, 0) is 29.7 Å². The molecule has 0 saturated heterocycles. The molecule has 1 aromatic carbocycles. The molecule has 0 aliphatic carbocycles. The number of nitrogens with zero attached hydrogens (tertiary/aromatic N) is 5. The van der Waals surface area contributed by atoms with Crippen LogP contribution in [0.1, 0.15) is 17.8 Å². The predicted molar refractivity (Wildman–Crippen MR) is 124 cm³/mol. The van der Waals surface area contributed by atoms with Crippen LogP contribution in [-0.4, -0.2) is 52.1 Å². The molecule has 1 aliphatic heterocycles. The van der Waals surface area contributed by atoms with Gasteiger partial charge in [0.25, 0.3) is 0 Å². The van der Waals surface area contributed by atoms with Gasteiger partial charge in [0.05, 0.1) is 0 Å². The molecule has 0 spiro atoms. The van der Waals surface area contributed by atoms with E-state index in [1.54, 1.807) is 0 Å². The average molecular weight is 488 g/mol. The number of guanidine groups is 1. The Kier molecular flexibility index (Phi) is 7.02. The van der Waals surface area contributed by atoms with Gasteiger partial charge in [-0.15, -0.1) is 34.2 Å². The second kappa shape index (κ2) is 9.68. The van der Waals surface area contributed by atoms with Crippen LogP contribution in [0.4, 0.5) is 0 Å². The lowest BCUT2D eigenvalue weighted by molar-refractivity contribution is 0.440. The Labute approximate surface area is 182 Å². The SMILES string of the molecule is CN=C(NCCc1nnc2ccccn12)N1CC=C(c2ccccc2)CC1.I. The highest BCUT2D eigenvalue weighted by Crippen LogP contribution is 2.21. The van der Waals surface area contributed by atoms with Gasteiger partial charge >= 0.3 is 0 Å². The summed E-state index contributed by atoms with van der Waals surface area (Å²) < 4.78 is 2.03. The summed E-state index contributed by atoms with van der Waals surface area (Å²) in [5.74, 6) is 1.89. The van der Waals surface area contributed by atoms with Crippen LogP contribution in [0.15, 0.2) is 65.8 Å². The fraction of sp³-hybridized carbons (Fsp3) is 0.286. The van der Waals surface area contributed by atoms with E-state index in [0.29, 0.717) is 0 Å². The van der Waals surface area contributed by atoms with E-state index in [0.717, 1.165) is 49.9 Å². The molecule has 2 aromatic heterocycles. The van der Waals surface area contributed by atoms with Gasteiger partial charge in [-0.25, -0.2) is 0 Å². The molecule has 4 rings (SSSR count). The molecule has 1 N–H and O–H groups in total. The second-order valence-corrected chi connectivity index (χ2v) is 6.56. The van der Waals surface area contributed by atoms with E-state index in [-0.39, 0.29) is 24.0 Å². The molecule has 7 heteroatoms. The van der Waals surface area contributed by atoms with Gasteiger partial charge in [-0.1, -0.05) is 42.5 Å². The van der Waals surface area contributed by atoms with Crippen molar-refractivity contribution >= 4 is 41.2 Å². The van der Waals surface area contributed by atoms with Crippen LogP contribution in [0.2, 0.25) is 0 Å². The number of hydrogen-bond donors (Lipinski definition) is 1. The van der Waals surface area contributed by atoms with Gasteiger partial charge in [-0.3, -0.25) is 9.39 Å². The molecule has 3 aromatic rings. The van der Waals surface area contributed by atoms with E-state index >= 15 is 0 Å². The van der Waals surface area contributed by atoms with Crippen LogP contribution >= 0.6 is 24.0 Å². The molecule has 0 bridgehead atoms. The van der Waals surface area contributed by atoms with Crippen LogP contribution in [0, 0.1) is 0 Å². The summed E-state index contributed by atoms with van der Waals surface area (Å²) in [6, 6.07) is 16.5. The summed E-state index contributed by atoms with van der Waals surface area (Å²) in [5.41, 5.74) is 3.61. The molecule has 3 heterocycles. The van der Waals surface area contributed by atoms with Crippen molar-refractivity contribution in [1.29, 1.82) is 0 Å². The van der Waals surface area contributed by atoms with Gasteiger partial charge < -0.3 is 10.2 Å². The highest BCUT2D eigenvalue weighted by atomic mass is 127. The van der Waals surface area contributed by atoms with Crippen molar-refractivity contribution in [1.82, 2.24) is 24.8 Å². The second-order valence-electron chi connectivity index (χ2n) is 6.56. The van der Waals surface area contributed by atoms with E-state index in [1.807, 2.05) is 35.8 Å². The molecule has 6 nitrogen and oxygen atoms in total. The highest BCUT2D eigenvalue weighted by molar-refractivity contribution is 14.0. The van der Waals surface area contributed by atoms with Crippen LogP contribution in [0.5, 0.6) is 0 Å². The Hall–Kier alpha value is -2.42. The molecule has 146 valence electrons. The summed E-state index contributed by atoms with van der Waals surface area (Å²) in [5, 5.41) is 11.9. The highest BCUT2D eigenvalue weighted by Gasteiger charge is 2.16. The molecule has 1 aliphatic rings. The number of rotatable bonds is 4. The van der Waals surface area contributed by atoms with E-state index < -0.39 is 0 Å². The first-order valence-corrected chi connectivity index (χ1v) is 9.34. The lowest BCUT2D eigenvalue weighted by Gasteiger charge is -2.29. The summed E-state index contributed by atoms with van der Waals surface area (Å²) in [6.45, 7) is 2.61. The lowest BCUT2D eigenvalue weighted by atomic mass is 10.00. The Bertz CT molecular complexity index is 963. The largest absolute Gasteiger partial charge is 0.356 e. The maximum Gasteiger partial charge on any atom is 0.193 e. The summed E-state index contributed by atoms with van der Waals surface area (Å²) in [6.07, 6.45) is 6.13. The third kappa shape index (κ3) is 4.52. The molecule has 0 fully saturated rings. The topological polar surface area (TPSA) is 57.8 Å². The van der Waals surface area contributed by atoms with Crippen LogP contribution in [0.3, 0.4) is 0 Å². The number of benzene rings is 1. The molecule has 28 heavy (non-hydrogen) atoms. The van der Waals surface area contributed by atoms with Gasteiger partial charge in [0.1, 0.15) is 5.82 Å². The summed E-state index contributed by atoms with van der Waals surface area (Å²) in [7, 11) is 1.84. The lowest BCUT2D eigenvalue weighted by Crippen LogP contribution is -2.44. The first kappa shape index (κ1) is 20.3. The van der Waals surface area contributed by atoms with Crippen LogP contribution in [0.25, 0.3) is 11.2 Å². The zero-order valence-corrected chi connectivity index (χ0v) is 18.3. The van der Waals surface area contributed by atoms with Crippen LogP contribution < -0.4 is 5.32 Å². The van der Waals surface area contributed by atoms with Crippen molar-refractivity contribution in [2.24, 2.45) is 4.99 Å². The van der Waals surface area contributed by atoms with Gasteiger partial charge in [0.15, 0.2) is 11.6 Å². The fourth-order valence-electron chi connectivity index (χ4n) is 3.46. The number of aliphatic imine (C=N–C) groups is 1. The number of aromatic nitrogens is 3. The Morgan fingerprint density at radius 2 is 1.93 bits per heavy atom. The predicted octanol–water partition coefficient (Wildman–Crippen LogP) is 3.25. The summed E-state index contributed by atoms with van der Waals surface area (Å²) in [4.78, 5) is 6.74. The normalized spacial score (nSPS) is 14.5. The van der Waals surface area contributed by atoms with E-state index in [4.69, 9.17) is 0 Å². The zero-order chi connectivity index (χ0) is 18.5. The minimum atomic E-state index is 0. The zero-order valence-electron chi connectivity index (χ0n) is 16.0. The number of hydrogen-bond acceptors (Lipinski definition) is 3. The van der Waals surface area contributed by atoms with Crippen molar-refractivity contribution in [3.63, 3.8) is 0 Å². The van der Waals surface area contributed by atoms with E-state index in [9.17, 15) is 0 Å². The molecular formula is C21H25IN6. The first-order valence-electron chi connectivity index (χ1n) is 9.34.